The Kier molecular flexibility index (Phi) is 4.20. The molecular formula is C14H9Cl2NO2. The van der Waals surface area contributed by atoms with E-state index in [9.17, 15) is 10.1 Å². The van der Waals surface area contributed by atoms with Crippen LogP contribution in [0.4, 0.5) is 5.69 Å². The minimum Gasteiger partial charge on any atom is -0.258 e. The Labute approximate surface area is 120 Å². The SMILES string of the molecule is O=[N+]([O-])c1cccc(C=Cc2ccc(Cl)cc2Cl)c1. The van der Waals surface area contributed by atoms with Crippen molar-refractivity contribution in [1.29, 1.82) is 0 Å². The van der Waals surface area contributed by atoms with Crippen LogP contribution in [0.25, 0.3) is 12.2 Å². The highest BCUT2D eigenvalue weighted by Gasteiger charge is 2.04. The van der Waals surface area contributed by atoms with Gasteiger partial charge in [0.15, 0.2) is 0 Å². The van der Waals surface area contributed by atoms with Crippen LogP contribution in [0, 0.1) is 10.1 Å². The Balaban J connectivity index is 2.27. The van der Waals surface area contributed by atoms with Crippen LogP contribution in [0.15, 0.2) is 42.5 Å². The first-order valence-corrected chi connectivity index (χ1v) is 6.19. The number of halogens is 2. The predicted molar refractivity (Wildman–Crippen MR) is 78.5 cm³/mol. The number of nitro groups is 1. The Hall–Kier alpha value is -1.84. The predicted octanol–water partition coefficient (Wildman–Crippen LogP) is 5.07. The summed E-state index contributed by atoms with van der Waals surface area (Å²) in [4.78, 5) is 10.2. The Morgan fingerprint density at radius 1 is 1.05 bits per heavy atom. The molecule has 0 saturated heterocycles. The second-order valence-electron chi connectivity index (χ2n) is 3.85. The van der Waals surface area contributed by atoms with E-state index in [0.717, 1.165) is 11.1 Å². The van der Waals surface area contributed by atoms with Crippen molar-refractivity contribution in [2.24, 2.45) is 0 Å². The molecule has 5 heteroatoms. The Morgan fingerprint density at radius 2 is 1.84 bits per heavy atom. The van der Waals surface area contributed by atoms with Gasteiger partial charge in [-0.15, -0.1) is 0 Å². The van der Waals surface area contributed by atoms with E-state index in [1.165, 1.54) is 12.1 Å². The van der Waals surface area contributed by atoms with Gasteiger partial charge in [0, 0.05) is 22.2 Å². The monoisotopic (exact) mass is 293 g/mol. The molecule has 0 aliphatic rings. The summed E-state index contributed by atoms with van der Waals surface area (Å²) in [6.45, 7) is 0. The van der Waals surface area contributed by atoms with Gasteiger partial charge in [-0.25, -0.2) is 0 Å². The van der Waals surface area contributed by atoms with Gasteiger partial charge >= 0.3 is 0 Å². The van der Waals surface area contributed by atoms with Crippen molar-refractivity contribution in [3.8, 4) is 0 Å². The number of nitro benzene ring substituents is 1. The van der Waals surface area contributed by atoms with E-state index in [2.05, 4.69) is 0 Å². The van der Waals surface area contributed by atoms with Crippen LogP contribution < -0.4 is 0 Å². The minimum absolute atomic E-state index is 0.0596. The maximum absolute atomic E-state index is 10.7. The summed E-state index contributed by atoms with van der Waals surface area (Å²) in [5.41, 5.74) is 1.60. The number of hydrogen-bond acceptors (Lipinski definition) is 2. The molecule has 3 nitrogen and oxygen atoms in total. The maximum atomic E-state index is 10.7. The summed E-state index contributed by atoms with van der Waals surface area (Å²) >= 11 is 11.8. The lowest BCUT2D eigenvalue weighted by Gasteiger charge is -1.99. The van der Waals surface area contributed by atoms with Crippen LogP contribution in [-0.4, -0.2) is 4.92 Å². The maximum Gasteiger partial charge on any atom is 0.270 e. The van der Waals surface area contributed by atoms with Gasteiger partial charge in [-0.2, -0.15) is 0 Å². The second kappa shape index (κ2) is 5.87. The molecule has 0 bridgehead atoms. The molecule has 2 aromatic carbocycles. The van der Waals surface area contributed by atoms with E-state index in [1.807, 2.05) is 0 Å². The molecule has 0 aliphatic carbocycles. The lowest BCUT2D eigenvalue weighted by atomic mass is 10.1. The molecule has 19 heavy (non-hydrogen) atoms. The van der Waals surface area contributed by atoms with E-state index >= 15 is 0 Å². The van der Waals surface area contributed by atoms with Gasteiger partial charge in [0.05, 0.1) is 4.92 Å². The molecule has 0 aromatic heterocycles. The second-order valence-corrected chi connectivity index (χ2v) is 4.69. The summed E-state index contributed by atoms with van der Waals surface area (Å²) in [7, 11) is 0. The van der Waals surface area contributed by atoms with E-state index in [4.69, 9.17) is 23.2 Å². The Bertz CT molecular complexity index is 654. The van der Waals surface area contributed by atoms with E-state index in [1.54, 1.807) is 42.5 Å². The van der Waals surface area contributed by atoms with Crippen molar-refractivity contribution in [3.63, 3.8) is 0 Å². The van der Waals surface area contributed by atoms with E-state index in [-0.39, 0.29) is 5.69 Å². The van der Waals surface area contributed by atoms with Crippen molar-refractivity contribution in [2.75, 3.05) is 0 Å². The zero-order valence-corrected chi connectivity index (χ0v) is 11.2. The van der Waals surface area contributed by atoms with Crippen molar-refractivity contribution >= 4 is 41.0 Å². The highest BCUT2D eigenvalue weighted by Crippen LogP contribution is 2.23. The molecule has 2 rings (SSSR count). The van der Waals surface area contributed by atoms with E-state index < -0.39 is 4.92 Å². The number of hydrogen-bond donors (Lipinski definition) is 0. The molecule has 0 unspecified atom stereocenters. The average Bonchev–Trinajstić information content (AvgIpc) is 2.38. The molecule has 0 spiro atoms. The fourth-order valence-corrected chi connectivity index (χ4v) is 2.04. The third kappa shape index (κ3) is 3.56. The van der Waals surface area contributed by atoms with Gasteiger partial charge in [0.1, 0.15) is 0 Å². The summed E-state index contributed by atoms with van der Waals surface area (Å²) < 4.78 is 0. The quantitative estimate of drug-likeness (QED) is 0.450. The summed E-state index contributed by atoms with van der Waals surface area (Å²) in [6, 6.07) is 11.6. The minimum atomic E-state index is -0.424. The van der Waals surface area contributed by atoms with Gasteiger partial charge < -0.3 is 0 Å². The summed E-state index contributed by atoms with van der Waals surface area (Å²) in [5.74, 6) is 0. The molecule has 0 amide bonds. The number of benzene rings is 2. The van der Waals surface area contributed by atoms with Crippen LogP contribution >= 0.6 is 23.2 Å². The third-order valence-corrected chi connectivity index (χ3v) is 3.06. The first-order chi connectivity index (χ1) is 9.06. The molecule has 0 heterocycles. The van der Waals surface area contributed by atoms with Crippen LogP contribution in [0.2, 0.25) is 10.0 Å². The van der Waals surface area contributed by atoms with Gasteiger partial charge in [-0.1, -0.05) is 53.6 Å². The largest absolute Gasteiger partial charge is 0.270 e. The molecule has 0 fully saturated rings. The first kappa shape index (κ1) is 13.6. The molecule has 2 aromatic rings. The van der Waals surface area contributed by atoms with Crippen LogP contribution in [0.1, 0.15) is 11.1 Å². The highest BCUT2D eigenvalue weighted by atomic mass is 35.5. The molecular weight excluding hydrogens is 285 g/mol. The standard InChI is InChI=1S/C14H9Cl2NO2/c15-12-7-6-11(14(16)9-12)5-4-10-2-1-3-13(8-10)17(18)19/h1-9H. The normalized spacial score (nSPS) is 10.8. The van der Waals surface area contributed by atoms with Crippen molar-refractivity contribution in [2.45, 2.75) is 0 Å². The van der Waals surface area contributed by atoms with Crippen LogP contribution in [-0.2, 0) is 0 Å². The number of rotatable bonds is 3. The average molecular weight is 294 g/mol. The molecule has 0 N–H and O–H groups in total. The fourth-order valence-electron chi connectivity index (χ4n) is 1.56. The van der Waals surface area contributed by atoms with E-state index in [0.29, 0.717) is 10.0 Å². The molecule has 0 aliphatic heterocycles. The van der Waals surface area contributed by atoms with Crippen LogP contribution in [0.3, 0.4) is 0 Å². The lowest BCUT2D eigenvalue weighted by molar-refractivity contribution is -0.384. The topological polar surface area (TPSA) is 43.1 Å². The van der Waals surface area contributed by atoms with Gasteiger partial charge in [0.25, 0.3) is 5.69 Å². The molecule has 0 radical (unpaired) electrons. The number of nitrogens with zero attached hydrogens (tertiary/aromatic N) is 1. The zero-order chi connectivity index (χ0) is 13.8. The zero-order valence-electron chi connectivity index (χ0n) is 9.72. The summed E-state index contributed by atoms with van der Waals surface area (Å²) in [5, 5.41) is 11.8. The van der Waals surface area contributed by atoms with Gasteiger partial charge in [-0.3, -0.25) is 10.1 Å². The first-order valence-electron chi connectivity index (χ1n) is 5.44. The summed E-state index contributed by atoms with van der Waals surface area (Å²) in [6.07, 6.45) is 3.56. The van der Waals surface area contributed by atoms with Gasteiger partial charge in [-0.05, 0) is 23.3 Å². The van der Waals surface area contributed by atoms with Crippen molar-refractivity contribution in [3.05, 3.63) is 73.8 Å². The smallest absolute Gasteiger partial charge is 0.258 e. The molecule has 96 valence electrons. The molecule has 0 saturated carbocycles. The van der Waals surface area contributed by atoms with Crippen molar-refractivity contribution in [1.82, 2.24) is 0 Å². The molecule has 0 atom stereocenters. The Morgan fingerprint density at radius 3 is 2.53 bits per heavy atom. The number of non-ortho nitro benzene ring substituents is 1. The van der Waals surface area contributed by atoms with Crippen LogP contribution in [0.5, 0.6) is 0 Å². The lowest BCUT2D eigenvalue weighted by Crippen LogP contribution is -1.87. The fraction of sp³-hybridized carbons (Fsp3) is 0. The third-order valence-electron chi connectivity index (χ3n) is 2.50. The van der Waals surface area contributed by atoms with Crippen molar-refractivity contribution < 1.29 is 4.92 Å². The highest BCUT2D eigenvalue weighted by molar-refractivity contribution is 6.35. The van der Waals surface area contributed by atoms with Gasteiger partial charge in [0.2, 0.25) is 0 Å².